The Hall–Kier alpha value is -1.64. The molecule has 3 heteroatoms. The Labute approximate surface area is 94.3 Å². The fourth-order valence-corrected chi connectivity index (χ4v) is 1.97. The van der Waals surface area contributed by atoms with E-state index in [2.05, 4.69) is 4.98 Å². The van der Waals surface area contributed by atoms with Gasteiger partial charge in [-0.25, -0.2) is 9.37 Å². The summed E-state index contributed by atoms with van der Waals surface area (Å²) in [5.41, 5.74) is 9.74. The Kier molecular flexibility index (Phi) is 2.54. The third-order valence-electron chi connectivity index (χ3n) is 2.92. The third-order valence-corrected chi connectivity index (χ3v) is 2.92. The molecule has 16 heavy (non-hydrogen) atoms. The number of nitrogen functional groups attached to an aromatic ring is 1. The third kappa shape index (κ3) is 1.52. The Morgan fingerprint density at radius 1 is 1.31 bits per heavy atom. The summed E-state index contributed by atoms with van der Waals surface area (Å²) in [4.78, 5) is 4.34. The van der Waals surface area contributed by atoms with E-state index in [9.17, 15) is 4.39 Å². The van der Waals surface area contributed by atoms with Crippen LogP contribution in [-0.4, -0.2) is 4.98 Å². The summed E-state index contributed by atoms with van der Waals surface area (Å²) in [5.74, 6) is -0.295. The molecule has 0 fully saturated rings. The number of halogens is 1. The average Bonchev–Trinajstić information content (AvgIpc) is 2.24. The smallest absolute Gasteiger partial charge is 0.149 e. The Morgan fingerprint density at radius 3 is 2.62 bits per heavy atom. The molecular formula is C13H15FN2. The van der Waals surface area contributed by atoms with Crippen LogP contribution in [-0.2, 0) is 6.42 Å². The minimum absolute atomic E-state index is 0.295. The molecule has 1 aromatic heterocycles. The monoisotopic (exact) mass is 218 g/mol. The van der Waals surface area contributed by atoms with Crippen molar-refractivity contribution in [2.24, 2.45) is 0 Å². The standard InChI is InChI=1S/C13H15FN2/c1-4-11-8(3)12(15)9-5-7(2)6-10(14)13(9)16-11/h5-6H,4H2,1-3H3,(H2,15,16). The minimum Gasteiger partial charge on any atom is -0.398 e. The highest BCUT2D eigenvalue weighted by molar-refractivity contribution is 5.92. The van der Waals surface area contributed by atoms with Crippen LogP contribution in [0.3, 0.4) is 0 Å². The molecule has 2 N–H and O–H groups in total. The van der Waals surface area contributed by atoms with Gasteiger partial charge in [-0.2, -0.15) is 0 Å². The number of fused-ring (bicyclic) bond motifs is 1. The molecule has 0 aliphatic carbocycles. The molecule has 0 radical (unpaired) electrons. The van der Waals surface area contributed by atoms with E-state index in [0.717, 1.165) is 23.2 Å². The lowest BCUT2D eigenvalue weighted by Crippen LogP contribution is -2.01. The van der Waals surface area contributed by atoms with Crippen molar-refractivity contribution in [1.82, 2.24) is 4.98 Å². The van der Waals surface area contributed by atoms with E-state index in [1.165, 1.54) is 6.07 Å². The van der Waals surface area contributed by atoms with Crippen molar-refractivity contribution in [2.45, 2.75) is 27.2 Å². The highest BCUT2D eigenvalue weighted by atomic mass is 19.1. The van der Waals surface area contributed by atoms with Crippen molar-refractivity contribution < 1.29 is 4.39 Å². The Bertz CT molecular complexity index is 562. The van der Waals surface area contributed by atoms with Crippen molar-refractivity contribution in [2.75, 3.05) is 5.73 Å². The van der Waals surface area contributed by atoms with Crippen molar-refractivity contribution in [3.8, 4) is 0 Å². The number of benzene rings is 1. The second-order valence-electron chi connectivity index (χ2n) is 4.09. The van der Waals surface area contributed by atoms with Gasteiger partial charge in [0, 0.05) is 16.8 Å². The van der Waals surface area contributed by atoms with Crippen LogP contribution in [0.2, 0.25) is 0 Å². The molecule has 0 unspecified atom stereocenters. The quantitative estimate of drug-likeness (QED) is 0.798. The van der Waals surface area contributed by atoms with Crippen molar-refractivity contribution in [3.63, 3.8) is 0 Å². The van der Waals surface area contributed by atoms with Crippen LogP contribution >= 0.6 is 0 Å². The molecule has 1 heterocycles. The summed E-state index contributed by atoms with van der Waals surface area (Å²) in [6, 6.07) is 3.37. The number of nitrogens with two attached hydrogens (primary N) is 1. The summed E-state index contributed by atoms with van der Waals surface area (Å²) in [6.45, 7) is 5.78. The zero-order chi connectivity index (χ0) is 11.9. The van der Waals surface area contributed by atoms with Gasteiger partial charge in [0.2, 0.25) is 0 Å². The number of hydrogen-bond acceptors (Lipinski definition) is 2. The molecule has 0 amide bonds. The Morgan fingerprint density at radius 2 is 2.00 bits per heavy atom. The molecular weight excluding hydrogens is 203 g/mol. The number of aromatic nitrogens is 1. The predicted octanol–water partition coefficient (Wildman–Crippen LogP) is 3.14. The first-order valence-corrected chi connectivity index (χ1v) is 5.39. The van der Waals surface area contributed by atoms with Gasteiger partial charge in [0.05, 0.1) is 0 Å². The van der Waals surface area contributed by atoms with E-state index in [0.29, 0.717) is 16.6 Å². The first-order valence-electron chi connectivity index (χ1n) is 5.39. The topological polar surface area (TPSA) is 38.9 Å². The predicted molar refractivity (Wildman–Crippen MR) is 65.0 cm³/mol. The summed E-state index contributed by atoms with van der Waals surface area (Å²) < 4.78 is 13.8. The molecule has 2 nitrogen and oxygen atoms in total. The van der Waals surface area contributed by atoms with Gasteiger partial charge in [0.25, 0.3) is 0 Å². The zero-order valence-electron chi connectivity index (χ0n) is 9.76. The molecule has 1 aromatic carbocycles. The maximum atomic E-state index is 13.8. The van der Waals surface area contributed by atoms with Crippen LogP contribution < -0.4 is 5.73 Å². The van der Waals surface area contributed by atoms with Gasteiger partial charge < -0.3 is 5.73 Å². The molecule has 0 aliphatic rings. The second-order valence-corrected chi connectivity index (χ2v) is 4.09. The van der Waals surface area contributed by atoms with E-state index < -0.39 is 0 Å². The molecule has 84 valence electrons. The van der Waals surface area contributed by atoms with Crippen LogP contribution in [0, 0.1) is 19.7 Å². The van der Waals surface area contributed by atoms with Gasteiger partial charge in [-0.3, -0.25) is 0 Å². The van der Waals surface area contributed by atoms with E-state index in [1.54, 1.807) is 0 Å². The lowest BCUT2D eigenvalue weighted by atomic mass is 10.0. The highest BCUT2D eigenvalue weighted by Crippen LogP contribution is 2.28. The normalized spacial score (nSPS) is 11.0. The molecule has 2 rings (SSSR count). The largest absolute Gasteiger partial charge is 0.398 e. The highest BCUT2D eigenvalue weighted by Gasteiger charge is 2.11. The first kappa shape index (κ1) is 10.9. The van der Waals surface area contributed by atoms with Crippen LogP contribution in [0.4, 0.5) is 10.1 Å². The summed E-state index contributed by atoms with van der Waals surface area (Å²) in [6.07, 6.45) is 0.763. The van der Waals surface area contributed by atoms with Gasteiger partial charge in [0.15, 0.2) is 0 Å². The summed E-state index contributed by atoms with van der Waals surface area (Å²) in [7, 11) is 0. The van der Waals surface area contributed by atoms with Gasteiger partial charge in [-0.1, -0.05) is 6.92 Å². The number of anilines is 1. The average molecular weight is 218 g/mol. The van der Waals surface area contributed by atoms with E-state index in [-0.39, 0.29) is 5.82 Å². The fourth-order valence-electron chi connectivity index (χ4n) is 1.97. The van der Waals surface area contributed by atoms with Crippen molar-refractivity contribution in [3.05, 3.63) is 34.8 Å². The molecule has 0 saturated carbocycles. The Balaban J connectivity index is 2.92. The molecule has 0 bridgehead atoms. The lowest BCUT2D eigenvalue weighted by molar-refractivity contribution is 0.635. The van der Waals surface area contributed by atoms with Crippen LogP contribution in [0.1, 0.15) is 23.7 Å². The van der Waals surface area contributed by atoms with E-state index in [1.807, 2.05) is 26.8 Å². The number of nitrogens with zero attached hydrogens (tertiary/aromatic N) is 1. The number of pyridine rings is 1. The molecule has 2 aromatic rings. The van der Waals surface area contributed by atoms with E-state index >= 15 is 0 Å². The number of aryl methyl sites for hydroxylation is 2. The summed E-state index contributed by atoms with van der Waals surface area (Å²) in [5, 5.41) is 0.715. The van der Waals surface area contributed by atoms with Gasteiger partial charge in [-0.15, -0.1) is 0 Å². The number of rotatable bonds is 1. The van der Waals surface area contributed by atoms with Crippen LogP contribution in [0.5, 0.6) is 0 Å². The summed E-state index contributed by atoms with van der Waals surface area (Å²) >= 11 is 0. The fraction of sp³-hybridized carbons (Fsp3) is 0.308. The second kappa shape index (κ2) is 3.74. The molecule has 0 aliphatic heterocycles. The maximum Gasteiger partial charge on any atom is 0.149 e. The molecule has 0 saturated heterocycles. The maximum absolute atomic E-state index is 13.8. The van der Waals surface area contributed by atoms with E-state index in [4.69, 9.17) is 5.73 Å². The van der Waals surface area contributed by atoms with Crippen molar-refractivity contribution in [1.29, 1.82) is 0 Å². The molecule has 0 atom stereocenters. The molecule has 0 spiro atoms. The van der Waals surface area contributed by atoms with Gasteiger partial charge in [0.1, 0.15) is 11.3 Å². The zero-order valence-corrected chi connectivity index (χ0v) is 9.76. The first-order chi connectivity index (χ1) is 7.54. The van der Waals surface area contributed by atoms with Gasteiger partial charge >= 0.3 is 0 Å². The number of hydrogen-bond donors (Lipinski definition) is 1. The lowest BCUT2D eigenvalue weighted by Gasteiger charge is -2.11. The van der Waals surface area contributed by atoms with Crippen LogP contribution in [0.25, 0.3) is 10.9 Å². The van der Waals surface area contributed by atoms with Crippen LogP contribution in [0.15, 0.2) is 12.1 Å². The van der Waals surface area contributed by atoms with Crippen molar-refractivity contribution >= 4 is 16.6 Å². The SMILES string of the molecule is CCc1nc2c(F)cc(C)cc2c(N)c1C. The van der Waals surface area contributed by atoms with Gasteiger partial charge in [-0.05, 0) is 43.5 Å². The minimum atomic E-state index is -0.295.